The first-order valence-corrected chi connectivity index (χ1v) is 17.2. The van der Waals surface area contributed by atoms with Gasteiger partial charge in [0.05, 0.1) is 61.4 Å². The summed E-state index contributed by atoms with van der Waals surface area (Å²) in [5.74, 6) is -5.38. The lowest BCUT2D eigenvalue weighted by atomic mass is 9.45. The van der Waals surface area contributed by atoms with Crippen LogP contribution in [0.1, 0.15) is 42.7 Å². The highest BCUT2D eigenvalue weighted by Crippen LogP contribution is 2.73. The number of aliphatic hydroxyl groups excluding tert-OH is 2. The number of benzene rings is 2. The van der Waals surface area contributed by atoms with E-state index in [1.807, 2.05) is 0 Å². The summed E-state index contributed by atoms with van der Waals surface area (Å²) in [5.41, 5.74) is -3.98. The molecular weight excluding hydrogens is 684 g/mol. The van der Waals surface area contributed by atoms with Crippen molar-refractivity contribution < 1.29 is 37.7 Å². The van der Waals surface area contributed by atoms with Gasteiger partial charge in [-0.15, -0.1) is 18.5 Å². The van der Waals surface area contributed by atoms with Crippen molar-refractivity contribution >= 4 is 59.2 Å². The van der Waals surface area contributed by atoms with Crippen LogP contribution in [0.2, 0.25) is 10.0 Å². The number of hydrogen-bond acceptors (Lipinski definition) is 6. The Hall–Kier alpha value is -1.55. The molecule has 0 radical (unpaired) electrons. The first-order chi connectivity index (χ1) is 21.9. The van der Waals surface area contributed by atoms with Gasteiger partial charge in [0, 0.05) is 27.6 Å². The van der Waals surface area contributed by atoms with Crippen LogP contribution in [0.25, 0.3) is 0 Å². The van der Waals surface area contributed by atoms with E-state index in [9.17, 15) is 28.6 Å². The molecule has 2 saturated heterocycles. The maximum atomic E-state index is 16.3. The highest BCUT2D eigenvalue weighted by Gasteiger charge is 2.81. The normalized spacial score (nSPS) is 30.9. The number of nitrogens with one attached hydrogen (secondary N) is 2. The standard InChI is InChI=1S/C31H36Cl2F3N3O5P2/c32-15-4-7-19-21(8-15)38-28(43)31(19)22(18-2-1-3-20(33)23(18)36)24(25(41)37-16-5-6-17(9-40)44-10-16)39(26(45)27(42)46)30(31)11-29(12-30,13-34)14-35/h1-4,7-8,16-17,22,24,26-27,40,42H,5-6,9-14,45-46H2,(H,37,41)(H,38,43)/t16-,17+,22+,24-,26-,27+,31?/m1/s1. The summed E-state index contributed by atoms with van der Waals surface area (Å²) in [6.07, 6.45) is 0.213. The van der Waals surface area contributed by atoms with E-state index in [-0.39, 0.29) is 42.7 Å². The van der Waals surface area contributed by atoms with E-state index in [2.05, 4.69) is 29.1 Å². The van der Waals surface area contributed by atoms with Gasteiger partial charge in [0.25, 0.3) is 0 Å². The van der Waals surface area contributed by atoms with Crippen LogP contribution in [0.5, 0.6) is 0 Å². The number of amides is 2. The Morgan fingerprint density at radius 2 is 1.89 bits per heavy atom. The summed E-state index contributed by atoms with van der Waals surface area (Å²) < 4.78 is 51.4. The van der Waals surface area contributed by atoms with Gasteiger partial charge in [0.1, 0.15) is 11.2 Å². The van der Waals surface area contributed by atoms with E-state index in [4.69, 9.17) is 27.9 Å². The number of aliphatic hydroxyl groups is 2. The van der Waals surface area contributed by atoms with Gasteiger partial charge in [-0.05, 0) is 55.0 Å². The van der Waals surface area contributed by atoms with Crippen LogP contribution in [0.4, 0.5) is 18.9 Å². The summed E-state index contributed by atoms with van der Waals surface area (Å²) >= 11 is 12.7. The third-order valence-corrected chi connectivity index (χ3v) is 12.5. The lowest BCUT2D eigenvalue weighted by Crippen LogP contribution is -2.73. The Balaban J connectivity index is 1.62. The molecule has 0 bridgehead atoms. The zero-order valence-electron chi connectivity index (χ0n) is 24.7. The molecule has 3 unspecified atom stereocenters. The molecule has 4 aliphatic rings. The van der Waals surface area contributed by atoms with Gasteiger partial charge >= 0.3 is 0 Å². The van der Waals surface area contributed by atoms with E-state index < -0.39 is 77.0 Å². The number of nitrogens with zero attached hydrogens (tertiary/aromatic N) is 1. The largest absolute Gasteiger partial charge is 0.394 e. The van der Waals surface area contributed by atoms with Gasteiger partial charge in [-0.1, -0.05) is 41.4 Å². The van der Waals surface area contributed by atoms with Crippen LogP contribution < -0.4 is 10.6 Å². The minimum Gasteiger partial charge on any atom is -0.394 e. The predicted molar refractivity (Wildman–Crippen MR) is 175 cm³/mol. The molecule has 3 fully saturated rings. The number of alkyl halides is 2. The molecule has 2 aromatic rings. The van der Waals surface area contributed by atoms with E-state index in [1.165, 1.54) is 18.2 Å². The van der Waals surface area contributed by atoms with Crippen LogP contribution in [-0.4, -0.2) is 88.8 Å². The molecule has 250 valence electrons. The maximum absolute atomic E-state index is 16.3. The number of carbonyl (C=O) groups is 2. The van der Waals surface area contributed by atoms with Gasteiger partial charge in [-0.25, -0.2) is 4.39 Å². The monoisotopic (exact) mass is 719 g/mol. The van der Waals surface area contributed by atoms with Crippen LogP contribution in [0.15, 0.2) is 36.4 Å². The molecule has 1 aliphatic carbocycles. The molecule has 2 spiro atoms. The highest BCUT2D eigenvalue weighted by molar-refractivity contribution is 7.22. The molecule has 15 heteroatoms. The molecule has 1 saturated carbocycles. The van der Waals surface area contributed by atoms with E-state index in [1.54, 1.807) is 23.1 Å². The zero-order chi connectivity index (χ0) is 33.2. The number of fused-ring (bicyclic) bond motifs is 3. The summed E-state index contributed by atoms with van der Waals surface area (Å²) in [6.45, 7) is -2.09. The number of halogens is 5. The van der Waals surface area contributed by atoms with Crippen molar-refractivity contribution in [2.45, 2.75) is 72.4 Å². The van der Waals surface area contributed by atoms with Crippen molar-refractivity contribution in [2.24, 2.45) is 5.41 Å². The summed E-state index contributed by atoms with van der Waals surface area (Å²) in [4.78, 5) is 31.1. The SMILES string of the molecule is O=C(N[C@@H]1CC[C@@H](CO)OC1)[C@H]1[C@H](c2cccc(Cl)c2F)C2(C(=O)Nc3cc(Cl)ccc32)C2(CC(CF)(CF)C2)N1[C@H](P)[C@@H](O)P. The number of likely N-dealkylation sites (tertiary alicyclic amines) is 1. The van der Waals surface area contributed by atoms with Gasteiger partial charge in [0.15, 0.2) is 0 Å². The Bertz CT molecular complexity index is 1520. The molecule has 2 amide bonds. The molecule has 46 heavy (non-hydrogen) atoms. The topological polar surface area (TPSA) is 111 Å². The second kappa shape index (κ2) is 12.7. The second-order valence-electron chi connectivity index (χ2n) is 13.0. The van der Waals surface area contributed by atoms with Gasteiger partial charge < -0.3 is 25.6 Å². The van der Waals surface area contributed by atoms with Crippen LogP contribution in [0.3, 0.4) is 0 Å². The van der Waals surface area contributed by atoms with Gasteiger partial charge in [-0.3, -0.25) is 23.3 Å². The average molecular weight is 720 g/mol. The fourth-order valence-electron chi connectivity index (χ4n) is 8.54. The molecule has 8 nitrogen and oxygen atoms in total. The fourth-order valence-corrected chi connectivity index (χ4v) is 9.55. The molecule has 9 atom stereocenters. The third-order valence-electron chi connectivity index (χ3n) is 10.4. The Morgan fingerprint density at radius 3 is 2.50 bits per heavy atom. The summed E-state index contributed by atoms with van der Waals surface area (Å²) in [5, 5.41) is 26.5. The highest BCUT2D eigenvalue weighted by atomic mass is 35.5. The number of hydrogen-bond donors (Lipinski definition) is 4. The van der Waals surface area contributed by atoms with Crippen molar-refractivity contribution in [3.8, 4) is 0 Å². The number of carbonyl (C=O) groups excluding carboxylic acids is 2. The molecule has 3 aliphatic heterocycles. The van der Waals surface area contributed by atoms with Crippen LogP contribution >= 0.6 is 41.7 Å². The number of ether oxygens (including phenoxy) is 1. The Morgan fingerprint density at radius 1 is 1.17 bits per heavy atom. The van der Waals surface area contributed by atoms with Crippen molar-refractivity contribution in [3.05, 3.63) is 63.4 Å². The fraction of sp³-hybridized carbons (Fsp3) is 0.548. The lowest BCUT2D eigenvalue weighted by molar-refractivity contribution is -0.154. The maximum Gasteiger partial charge on any atom is 0.238 e. The van der Waals surface area contributed by atoms with Crippen molar-refractivity contribution in [1.29, 1.82) is 0 Å². The predicted octanol–water partition coefficient (Wildman–Crippen LogP) is 4.30. The molecule has 6 rings (SSSR count). The zero-order valence-corrected chi connectivity index (χ0v) is 28.5. The molecule has 2 aromatic carbocycles. The summed E-state index contributed by atoms with van der Waals surface area (Å²) in [7, 11) is 4.78. The first kappa shape index (κ1) is 34.3. The third kappa shape index (κ3) is 5.03. The molecular formula is C31H36Cl2F3N3O5P2. The molecule has 4 N–H and O–H groups in total. The van der Waals surface area contributed by atoms with E-state index in [0.29, 0.717) is 29.1 Å². The van der Waals surface area contributed by atoms with Crippen LogP contribution in [0, 0.1) is 11.2 Å². The van der Waals surface area contributed by atoms with Crippen LogP contribution in [-0.2, 0) is 19.7 Å². The molecule has 0 aromatic heterocycles. The van der Waals surface area contributed by atoms with E-state index >= 15 is 4.39 Å². The first-order valence-electron chi connectivity index (χ1n) is 15.1. The minimum absolute atomic E-state index is 0.0267. The van der Waals surface area contributed by atoms with Gasteiger partial charge in [-0.2, -0.15) is 0 Å². The molecule has 3 heterocycles. The average Bonchev–Trinajstić information content (AvgIpc) is 3.46. The minimum atomic E-state index is -1.77. The van der Waals surface area contributed by atoms with Crippen molar-refractivity contribution in [2.75, 3.05) is 31.9 Å². The van der Waals surface area contributed by atoms with Gasteiger partial charge in [0.2, 0.25) is 11.8 Å². The van der Waals surface area contributed by atoms with Crippen molar-refractivity contribution in [1.82, 2.24) is 10.2 Å². The lowest BCUT2D eigenvalue weighted by Gasteiger charge is -2.63. The quantitative estimate of drug-likeness (QED) is 0.303. The Kier molecular flexibility index (Phi) is 9.49. The second-order valence-corrected chi connectivity index (χ2v) is 15.2. The van der Waals surface area contributed by atoms with Crippen molar-refractivity contribution in [3.63, 3.8) is 0 Å². The number of anilines is 1. The number of rotatable bonds is 8. The van der Waals surface area contributed by atoms with E-state index in [0.717, 1.165) is 0 Å². The smallest absolute Gasteiger partial charge is 0.238 e. The summed E-state index contributed by atoms with van der Waals surface area (Å²) in [6, 6.07) is 7.31. The Labute approximate surface area is 279 Å².